The van der Waals surface area contributed by atoms with Crippen molar-refractivity contribution in [1.29, 1.82) is 5.26 Å². The molecule has 0 aromatic heterocycles. The third-order valence-electron chi connectivity index (χ3n) is 12.4. The number of nitrogens with zero attached hydrogens (tertiary/aromatic N) is 4. The zero-order chi connectivity index (χ0) is 64.4. The number of nitriles is 1. The minimum Gasteiger partial charge on any atom is -0.307 e. The first kappa shape index (κ1) is 27.9. The van der Waals surface area contributed by atoms with Gasteiger partial charge < -0.3 is 9.80 Å². The summed E-state index contributed by atoms with van der Waals surface area (Å²) < 4.78 is 194. The molecule has 0 atom stereocenters. The standard InChI is InChI=1S/C66H40F2N4/c1-70-52-28-32-54(33-29-52)72(66-58(47-20-12-5-13-21-47)39-51(41-60(66)68)45-16-8-3-9-17-45)62-37-27-49-24-34-55-61(36-26-48-25-35-56(62)64(49)63(48)55)71(53-30-22-43(42-69)23-31-53)65-57(46-18-10-4-11-19-46)38-50(40-59(65)67)44-14-6-2-7-15-44/h2-41H/i2D,3D,4D,5D,6D,7D,8D,9D,10D,11D,12D,14D,15D,16D,17D,18D,20D,21D. The Morgan fingerprint density at radius 1 is 0.444 bits per heavy atom. The van der Waals surface area contributed by atoms with E-state index in [2.05, 4.69) is 10.9 Å². The fraction of sp³-hybridized carbons (Fsp3) is 0. The molecule has 0 saturated heterocycles. The molecule has 0 saturated carbocycles. The first-order valence-corrected chi connectivity index (χ1v) is 22.1. The Labute approximate surface area is 441 Å². The quantitative estimate of drug-likeness (QED) is 0.101. The Bertz CT molecular complexity index is 5130. The van der Waals surface area contributed by atoms with E-state index >= 15 is 8.78 Å². The van der Waals surface area contributed by atoms with Crippen molar-refractivity contribution in [2.45, 2.75) is 0 Å². The maximum atomic E-state index is 18.3. The summed E-state index contributed by atoms with van der Waals surface area (Å²) in [6.07, 6.45) is 0. The van der Waals surface area contributed by atoms with E-state index in [1.165, 1.54) is 46.2 Å². The van der Waals surface area contributed by atoms with Crippen LogP contribution in [-0.4, -0.2) is 0 Å². The molecule has 4 nitrogen and oxygen atoms in total. The Hall–Kier alpha value is -9.88. The molecule has 6 heteroatoms. The smallest absolute Gasteiger partial charge is 0.187 e. The second-order valence-electron chi connectivity index (χ2n) is 16.4. The van der Waals surface area contributed by atoms with E-state index in [9.17, 15) is 9.37 Å². The van der Waals surface area contributed by atoms with Crippen molar-refractivity contribution in [3.05, 3.63) is 271 Å². The molecular weight excluding hydrogens is 887 g/mol. The molecule has 338 valence electrons. The Balaban J connectivity index is 1.18. The number of benzene rings is 12. The normalized spacial score (nSPS) is 14.7. The molecule has 72 heavy (non-hydrogen) atoms. The van der Waals surface area contributed by atoms with Crippen LogP contribution in [0.25, 0.3) is 81.7 Å². The summed E-state index contributed by atoms with van der Waals surface area (Å²) in [6, 6.07) is 23.3. The lowest BCUT2D eigenvalue weighted by Gasteiger charge is -2.31. The lowest BCUT2D eigenvalue weighted by atomic mass is 9.90. The SMILES string of the molecule is [2H]c1cc(-c2cc(-c3c([2H])c([2H])c([2H])c([2H])c3[2H])cc(F)c2N(c2ccc(C#N)cc2)c2ccc3ccc4c(N(c5ccc([N+]#[C-])cc5)c5c(F)cc(-c6c([2H])c([2H])c([2H])c([2H])c6[2H])cc5-c5c([2H])cc([2H])c([2H])c5[2H])ccc5ccc2c3c54)c([2H])c([2H])c1[2H]. The molecule has 0 bridgehead atoms. The molecule has 0 fully saturated rings. The van der Waals surface area contributed by atoms with E-state index in [0.717, 1.165) is 24.3 Å². The molecule has 0 heterocycles. The zero-order valence-corrected chi connectivity index (χ0v) is 37.2. The van der Waals surface area contributed by atoms with Crippen molar-refractivity contribution in [1.82, 2.24) is 0 Å². The van der Waals surface area contributed by atoms with Gasteiger partial charge in [0.05, 0.1) is 65.6 Å². The molecule has 0 aliphatic heterocycles. The number of anilines is 6. The van der Waals surface area contributed by atoms with Gasteiger partial charge in [0.25, 0.3) is 0 Å². The van der Waals surface area contributed by atoms with E-state index in [1.807, 2.05) is 0 Å². The van der Waals surface area contributed by atoms with Crippen molar-refractivity contribution in [3.8, 4) is 50.6 Å². The van der Waals surface area contributed by atoms with Gasteiger partial charge in [-0.3, -0.25) is 0 Å². The van der Waals surface area contributed by atoms with Gasteiger partial charge in [0.15, 0.2) is 5.69 Å². The molecular formula is C66H40F2N4. The van der Waals surface area contributed by atoms with Crippen LogP contribution < -0.4 is 9.80 Å². The van der Waals surface area contributed by atoms with Crippen LogP contribution in [0.4, 0.5) is 48.6 Å². The maximum Gasteiger partial charge on any atom is 0.187 e. The predicted octanol–water partition coefficient (Wildman–Crippen LogP) is 18.9. The summed E-state index contributed by atoms with van der Waals surface area (Å²) in [5.41, 5.74) is -1.58. The number of hydrogen-bond acceptors (Lipinski definition) is 3. The molecule has 0 radical (unpaired) electrons. The van der Waals surface area contributed by atoms with Gasteiger partial charge >= 0.3 is 0 Å². The van der Waals surface area contributed by atoms with Gasteiger partial charge in [0, 0.05) is 33.3 Å². The first-order chi connectivity index (χ1) is 42.9. The Morgan fingerprint density at radius 2 is 0.903 bits per heavy atom. The molecule has 12 aromatic rings. The van der Waals surface area contributed by atoms with E-state index < -0.39 is 132 Å². The fourth-order valence-corrected chi connectivity index (χ4v) is 9.27. The highest BCUT2D eigenvalue weighted by molar-refractivity contribution is 6.28. The topological polar surface area (TPSA) is 34.6 Å². The third kappa shape index (κ3) is 7.61. The summed E-state index contributed by atoms with van der Waals surface area (Å²) in [6.45, 7) is 7.79. The monoisotopic (exact) mass is 944 g/mol. The molecule has 0 spiro atoms. The lowest BCUT2D eigenvalue weighted by Crippen LogP contribution is -2.14. The van der Waals surface area contributed by atoms with Gasteiger partial charge in [-0.2, -0.15) is 5.26 Å². The van der Waals surface area contributed by atoms with Crippen LogP contribution in [-0.2, 0) is 0 Å². The van der Waals surface area contributed by atoms with Gasteiger partial charge in [-0.05, 0) is 128 Å². The van der Waals surface area contributed by atoms with Gasteiger partial charge in [-0.1, -0.05) is 169 Å². The van der Waals surface area contributed by atoms with Crippen molar-refractivity contribution in [2.24, 2.45) is 0 Å². The second kappa shape index (κ2) is 18.2. The van der Waals surface area contributed by atoms with Gasteiger partial charge in [0.1, 0.15) is 11.6 Å². The molecule has 0 unspecified atom stereocenters. The van der Waals surface area contributed by atoms with E-state index in [4.69, 9.17) is 27.1 Å². The molecule has 0 aliphatic carbocycles. The highest BCUT2D eigenvalue weighted by Crippen LogP contribution is 2.52. The highest BCUT2D eigenvalue weighted by Gasteiger charge is 2.28. The number of halogens is 2. The van der Waals surface area contributed by atoms with E-state index in [-0.39, 0.29) is 78.8 Å². The molecule has 12 rings (SSSR count). The van der Waals surface area contributed by atoms with Crippen LogP contribution in [0.3, 0.4) is 0 Å². The molecule has 0 N–H and O–H groups in total. The average molecular weight is 945 g/mol. The largest absolute Gasteiger partial charge is 0.307 e. The summed E-state index contributed by atoms with van der Waals surface area (Å²) in [7, 11) is 0. The fourth-order valence-electron chi connectivity index (χ4n) is 9.27. The van der Waals surface area contributed by atoms with Crippen molar-refractivity contribution >= 4 is 72.1 Å². The highest BCUT2D eigenvalue weighted by atomic mass is 19.1. The van der Waals surface area contributed by atoms with Crippen LogP contribution in [0.2, 0.25) is 0 Å². The van der Waals surface area contributed by atoms with Crippen LogP contribution >= 0.6 is 0 Å². The summed E-state index contributed by atoms with van der Waals surface area (Å²) >= 11 is 0. The van der Waals surface area contributed by atoms with Crippen molar-refractivity contribution in [3.63, 3.8) is 0 Å². The minimum absolute atomic E-state index is 0.196. The Morgan fingerprint density at radius 3 is 1.43 bits per heavy atom. The van der Waals surface area contributed by atoms with Crippen LogP contribution in [0.5, 0.6) is 0 Å². The van der Waals surface area contributed by atoms with Crippen LogP contribution in [0, 0.1) is 29.5 Å². The number of hydrogen-bond donors (Lipinski definition) is 0. The van der Waals surface area contributed by atoms with Gasteiger partial charge in [-0.15, -0.1) is 0 Å². The third-order valence-corrected chi connectivity index (χ3v) is 12.4. The zero-order valence-electron chi connectivity index (χ0n) is 55.2. The number of rotatable bonds is 10. The second-order valence-corrected chi connectivity index (χ2v) is 16.4. The van der Waals surface area contributed by atoms with E-state index in [0.29, 0.717) is 32.3 Å². The Kier molecular flexibility index (Phi) is 7.07. The van der Waals surface area contributed by atoms with Crippen LogP contribution in [0.15, 0.2) is 242 Å². The molecule has 0 aliphatic rings. The summed E-state index contributed by atoms with van der Waals surface area (Å²) in [5, 5.41) is 13.2. The van der Waals surface area contributed by atoms with Crippen molar-refractivity contribution in [2.75, 3.05) is 9.80 Å². The molecule has 0 amide bonds. The average Bonchev–Trinajstić information content (AvgIpc) is 0.725. The predicted molar refractivity (Wildman–Crippen MR) is 292 cm³/mol. The van der Waals surface area contributed by atoms with Gasteiger partial charge in [-0.25, -0.2) is 13.6 Å². The van der Waals surface area contributed by atoms with Crippen LogP contribution in [0.1, 0.15) is 30.2 Å². The van der Waals surface area contributed by atoms with Crippen molar-refractivity contribution < 1.29 is 33.5 Å². The maximum absolute atomic E-state index is 18.3. The first-order valence-electron chi connectivity index (χ1n) is 31.1. The summed E-state index contributed by atoms with van der Waals surface area (Å²) in [4.78, 5) is 6.51. The van der Waals surface area contributed by atoms with E-state index in [1.54, 1.807) is 72.8 Å². The minimum atomic E-state index is -1.09. The lowest BCUT2D eigenvalue weighted by molar-refractivity contribution is 0.629. The summed E-state index contributed by atoms with van der Waals surface area (Å²) in [5.74, 6) is -2.16. The molecule has 12 aromatic carbocycles. The van der Waals surface area contributed by atoms with Gasteiger partial charge in [0.2, 0.25) is 0 Å².